The van der Waals surface area contributed by atoms with E-state index in [1.807, 2.05) is 0 Å². The summed E-state index contributed by atoms with van der Waals surface area (Å²) in [7, 11) is -7.36. The number of anilines is 4. The van der Waals surface area contributed by atoms with Gasteiger partial charge in [-0.2, -0.15) is 0 Å². The number of pyridine rings is 1. The maximum absolute atomic E-state index is 13.6. The summed E-state index contributed by atoms with van der Waals surface area (Å²) in [5, 5.41) is 11.9. The highest BCUT2D eigenvalue weighted by atomic mass is 32.2. The minimum absolute atomic E-state index is 0.231. The molecule has 13 heteroatoms. The van der Waals surface area contributed by atoms with Crippen molar-refractivity contribution in [3.05, 3.63) is 41.6 Å². The number of aliphatic hydroxyl groups is 1. The molecule has 1 saturated carbocycles. The number of sulfonamides is 2. The van der Waals surface area contributed by atoms with Crippen molar-refractivity contribution in [2.45, 2.75) is 57.6 Å². The van der Waals surface area contributed by atoms with Gasteiger partial charge >= 0.3 is 0 Å². The quantitative estimate of drug-likeness (QED) is 0.424. The van der Waals surface area contributed by atoms with E-state index in [0.717, 1.165) is 31.5 Å². The van der Waals surface area contributed by atoms with E-state index >= 15 is 0 Å². The molecule has 1 saturated heterocycles. The molecule has 3 aliphatic rings. The van der Waals surface area contributed by atoms with Crippen LogP contribution in [0, 0.1) is 5.41 Å². The van der Waals surface area contributed by atoms with Crippen LogP contribution in [0.3, 0.4) is 0 Å². The van der Waals surface area contributed by atoms with Crippen LogP contribution in [0.4, 0.5) is 22.9 Å². The van der Waals surface area contributed by atoms with Crippen molar-refractivity contribution in [1.82, 2.24) is 4.98 Å². The van der Waals surface area contributed by atoms with Crippen molar-refractivity contribution >= 4 is 48.8 Å². The number of carbonyl (C=O) groups is 1. The van der Waals surface area contributed by atoms with E-state index in [1.165, 1.54) is 23.2 Å². The molecule has 3 heterocycles. The van der Waals surface area contributed by atoms with E-state index in [4.69, 9.17) is 5.11 Å². The Morgan fingerprint density at radius 1 is 1.02 bits per heavy atom. The molecule has 218 valence electrons. The number of aliphatic hydroxyl groups excluding tert-OH is 1. The van der Waals surface area contributed by atoms with E-state index in [-0.39, 0.29) is 5.82 Å². The fourth-order valence-electron chi connectivity index (χ4n) is 5.37. The van der Waals surface area contributed by atoms with Gasteiger partial charge in [-0.05, 0) is 82.1 Å². The van der Waals surface area contributed by atoms with Gasteiger partial charge in [0.1, 0.15) is 5.82 Å². The number of nitrogens with zero attached hydrogens (tertiary/aromatic N) is 3. The molecule has 0 radical (unpaired) electrons. The van der Waals surface area contributed by atoms with Gasteiger partial charge in [0.05, 0.1) is 39.7 Å². The van der Waals surface area contributed by atoms with Crippen LogP contribution >= 0.6 is 0 Å². The molecule has 11 nitrogen and oxygen atoms in total. The highest BCUT2D eigenvalue weighted by molar-refractivity contribution is 7.94. The summed E-state index contributed by atoms with van der Waals surface area (Å²) in [6.45, 7) is 6.30. The van der Waals surface area contributed by atoms with E-state index < -0.39 is 43.1 Å². The van der Waals surface area contributed by atoms with Gasteiger partial charge in [-0.25, -0.2) is 21.8 Å². The third kappa shape index (κ3) is 5.64. The molecule has 3 N–H and O–H groups in total. The van der Waals surface area contributed by atoms with E-state index in [2.05, 4.69) is 19.9 Å². The number of carbonyl (C=O) groups excluding carboxylic acids is 1. The average molecular weight is 592 g/mol. The summed E-state index contributed by atoms with van der Waals surface area (Å²) in [6.07, 6.45) is 6.61. The third-order valence-corrected chi connectivity index (χ3v) is 11.9. The number of amides is 1. The van der Waals surface area contributed by atoms with Crippen molar-refractivity contribution in [2.75, 3.05) is 51.2 Å². The molecule has 1 aliphatic carbocycles. The van der Waals surface area contributed by atoms with Crippen LogP contribution in [0.25, 0.3) is 0 Å². The maximum atomic E-state index is 13.6. The molecule has 1 amide bonds. The van der Waals surface area contributed by atoms with Crippen molar-refractivity contribution in [3.63, 3.8) is 0 Å². The molecule has 0 atom stereocenters. The number of piperidine rings is 1. The molecule has 40 heavy (non-hydrogen) atoms. The largest absolute Gasteiger partial charge is 0.395 e. The molecular weight excluding hydrogens is 554 g/mol. The number of hydrogen-bond donors (Lipinski definition) is 3. The summed E-state index contributed by atoms with van der Waals surface area (Å²) < 4.78 is 53.8. The molecular formula is C27H37N5O6S2. The normalized spacial score (nSPS) is 18.5. The van der Waals surface area contributed by atoms with Crippen molar-refractivity contribution < 1.29 is 26.7 Å². The second-order valence-corrected chi connectivity index (χ2v) is 16.4. The molecule has 5 rings (SSSR count). The Labute approximate surface area is 236 Å². The van der Waals surface area contributed by atoms with Gasteiger partial charge in [0.2, 0.25) is 20.0 Å². The Kier molecular flexibility index (Phi) is 7.28. The first kappa shape index (κ1) is 28.6. The maximum Gasteiger partial charge on any atom is 0.258 e. The smallest absolute Gasteiger partial charge is 0.258 e. The van der Waals surface area contributed by atoms with Crippen LogP contribution in [-0.2, 0) is 26.5 Å². The zero-order valence-electron chi connectivity index (χ0n) is 23.1. The third-order valence-electron chi connectivity index (χ3n) is 8.12. The molecule has 1 spiro atoms. The molecule has 1 aromatic carbocycles. The lowest BCUT2D eigenvalue weighted by Crippen LogP contribution is -2.42. The van der Waals surface area contributed by atoms with Crippen molar-refractivity contribution in [3.8, 4) is 0 Å². The lowest BCUT2D eigenvalue weighted by molar-refractivity contribution is 0.102. The lowest BCUT2D eigenvalue weighted by Gasteiger charge is -2.35. The van der Waals surface area contributed by atoms with Gasteiger partial charge < -0.3 is 15.3 Å². The number of fused-ring (bicyclic) bond motifs is 1. The minimum atomic E-state index is -3.74. The summed E-state index contributed by atoms with van der Waals surface area (Å²) in [6, 6.07) is 6.35. The number of benzene rings is 1. The summed E-state index contributed by atoms with van der Waals surface area (Å²) in [5.41, 5.74) is 3.00. The van der Waals surface area contributed by atoms with Crippen LogP contribution in [0.1, 0.15) is 62.4 Å². The van der Waals surface area contributed by atoms with E-state index in [9.17, 15) is 21.6 Å². The Hall–Kier alpha value is -2.90. The first-order chi connectivity index (χ1) is 18.7. The molecule has 1 aromatic heterocycles. The topological polar surface area (TPSA) is 149 Å². The van der Waals surface area contributed by atoms with Crippen LogP contribution < -0.4 is 19.2 Å². The Balaban J connectivity index is 1.43. The van der Waals surface area contributed by atoms with Gasteiger partial charge in [0, 0.05) is 31.9 Å². The predicted molar refractivity (Wildman–Crippen MR) is 156 cm³/mol. The fraction of sp³-hybridized carbons (Fsp3) is 0.556. The van der Waals surface area contributed by atoms with Gasteiger partial charge in [-0.3, -0.25) is 13.8 Å². The van der Waals surface area contributed by atoms with Crippen LogP contribution in [-0.4, -0.2) is 69.6 Å². The number of rotatable bonds is 8. The average Bonchev–Trinajstić information content (AvgIpc) is 3.48. The molecule has 2 aromatic rings. The van der Waals surface area contributed by atoms with Gasteiger partial charge in [-0.1, -0.05) is 0 Å². The van der Waals surface area contributed by atoms with Crippen molar-refractivity contribution in [2.24, 2.45) is 5.41 Å². The number of hydrogen-bond acceptors (Lipinski definition) is 8. The van der Waals surface area contributed by atoms with Gasteiger partial charge in [0.15, 0.2) is 0 Å². The van der Waals surface area contributed by atoms with Gasteiger partial charge in [0.25, 0.3) is 5.91 Å². The van der Waals surface area contributed by atoms with Gasteiger partial charge in [-0.15, -0.1) is 0 Å². The highest BCUT2D eigenvalue weighted by Gasteiger charge is 2.45. The van der Waals surface area contributed by atoms with Crippen LogP contribution in [0.2, 0.25) is 0 Å². The standard InChI is InChI=1S/C27H37N5O6S2/c1-26(2,3)40(37,38)32-11-6-19-18-28-24(17-22(19)32)29-25(34)21-5-4-20(30-39(35,36)15-14-33)16-23(21)31-12-9-27(7-8-27)10-13-31/h4-5,16-18,30,33H,6-15H2,1-3H3,(H,28,29,34). The Morgan fingerprint density at radius 2 is 1.73 bits per heavy atom. The monoisotopic (exact) mass is 591 g/mol. The SMILES string of the molecule is CC(C)(C)S(=O)(=O)N1CCc2cnc(NC(=O)c3ccc(NS(=O)(=O)CCO)cc3N3CCC4(CC3)CC4)cc21. The van der Waals surface area contributed by atoms with Crippen LogP contribution in [0.15, 0.2) is 30.5 Å². The lowest BCUT2D eigenvalue weighted by atomic mass is 9.93. The Bertz CT molecular complexity index is 1520. The molecule has 0 unspecified atom stereocenters. The number of nitrogens with one attached hydrogen (secondary N) is 2. The second-order valence-electron chi connectivity index (χ2n) is 12.0. The zero-order valence-corrected chi connectivity index (χ0v) is 24.7. The summed E-state index contributed by atoms with van der Waals surface area (Å²) in [5.74, 6) is -0.626. The van der Waals surface area contributed by atoms with E-state index in [1.54, 1.807) is 45.2 Å². The molecule has 2 aliphatic heterocycles. The zero-order chi connectivity index (χ0) is 28.9. The summed E-state index contributed by atoms with van der Waals surface area (Å²) in [4.78, 5) is 20.0. The van der Waals surface area contributed by atoms with E-state index in [0.29, 0.717) is 41.0 Å². The minimum Gasteiger partial charge on any atom is -0.395 e. The first-order valence-corrected chi connectivity index (χ1v) is 16.7. The second kappa shape index (κ2) is 10.2. The predicted octanol–water partition coefficient (Wildman–Crippen LogP) is 2.94. The summed E-state index contributed by atoms with van der Waals surface area (Å²) >= 11 is 0. The first-order valence-electron chi connectivity index (χ1n) is 13.6. The van der Waals surface area contributed by atoms with Crippen molar-refractivity contribution in [1.29, 1.82) is 0 Å². The molecule has 2 fully saturated rings. The fourth-order valence-corrected chi connectivity index (χ4v) is 7.62. The number of aromatic nitrogens is 1. The highest BCUT2D eigenvalue weighted by Crippen LogP contribution is 2.54. The Morgan fingerprint density at radius 3 is 2.35 bits per heavy atom. The molecule has 0 bridgehead atoms. The van der Waals surface area contributed by atoms with Crippen LogP contribution in [0.5, 0.6) is 0 Å².